The largest absolute Gasteiger partial charge is 0.300 e. The molecule has 0 amide bonds. The second kappa shape index (κ2) is 3.64. The molecule has 0 aliphatic carbocycles. The molecule has 1 fully saturated rings. The molecule has 3 heteroatoms. The summed E-state index contributed by atoms with van der Waals surface area (Å²) >= 11 is 5.74. The number of halogens is 1. The average molecular weight is 187 g/mol. The Labute approximate surface area is 79.1 Å². The van der Waals surface area contributed by atoms with E-state index in [1.807, 2.05) is 6.07 Å². The second-order valence-corrected chi connectivity index (χ2v) is 4.77. The zero-order chi connectivity index (χ0) is 9.19. The Kier molecular flexibility index (Phi) is 2.98. The van der Waals surface area contributed by atoms with Gasteiger partial charge in [-0.25, -0.2) is 0 Å². The molecule has 0 aromatic rings. The van der Waals surface area contributed by atoms with E-state index in [2.05, 4.69) is 18.7 Å². The van der Waals surface area contributed by atoms with Crippen LogP contribution in [0, 0.1) is 16.7 Å². The van der Waals surface area contributed by atoms with Crippen molar-refractivity contribution in [2.45, 2.75) is 25.6 Å². The van der Waals surface area contributed by atoms with E-state index in [1.54, 1.807) is 0 Å². The maximum Gasteiger partial charge on any atom is 0.133 e. The van der Waals surface area contributed by atoms with Gasteiger partial charge >= 0.3 is 0 Å². The highest BCUT2D eigenvalue weighted by molar-refractivity contribution is 6.22. The van der Waals surface area contributed by atoms with E-state index in [0.717, 1.165) is 13.1 Å². The van der Waals surface area contributed by atoms with Crippen LogP contribution in [-0.4, -0.2) is 29.9 Å². The minimum Gasteiger partial charge on any atom is -0.300 e. The lowest BCUT2D eigenvalue weighted by Crippen LogP contribution is -2.28. The average Bonchev–Trinajstić information content (AvgIpc) is 2.30. The number of rotatable bonds is 2. The van der Waals surface area contributed by atoms with Crippen LogP contribution in [0.4, 0.5) is 0 Å². The van der Waals surface area contributed by atoms with Crippen LogP contribution >= 0.6 is 11.6 Å². The summed E-state index contributed by atoms with van der Waals surface area (Å²) in [6.45, 7) is 7.36. The van der Waals surface area contributed by atoms with Crippen LogP contribution in [0.5, 0.6) is 0 Å². The van der Waals surface area contributed by atoms with Crippen LogP contribution in [0.15, 0.2) is 0 Å². The molecule has 68 valence electrons. The molecule has 1 unspecified atom stereocenters. The van der Waals surface area contributed by atoms with Crippen molar-refractivity contribution in [3.05, 3.63) is 0 Å². The van der Waals surface area contributed by atoms with E-state index < -0.39 is 0 Å². The Morgan fingerprint density at radius 1 is 1.67 bits per heavy atom. The SMILES string of the molecule is CC1(C)CCN(CC(Cl)C#N)C1. The molecule has 1 aliphatic heterocycles. The number of nitriles is 1. The highest BCUT2D eigenvalue weighted by Gasteiger charge is 2.29. The van der Waals surface area contributed by atoms with Crippen molar-refractivity contribution in [3.63, 3.8) is 0 Å². The van der Waals surface area contributed by atoms with Gasteiger partial charge in [0.15, 0.2) is 0 Å². The first-order valence-electron chi connectivity index (χ1n) is 4.29. The number of hydrogen-bond donors (Lipinski definition) is 0. The van der Waals surface area contributed by atoms with Gasteiger partial charge in [0.2, 0.25) is 0 Å². The standard InChI is InChI=1S/C9H15ClN2/c1-9(2)3-4-12(7-9)6-8(10)5-11/h8H,3-4,6-7H2,1-2H3. The van der Waals surface area contributed by atoms with Crippen LogP contribution in [0.3, 0.4) is 0 Å². The number of alkyl halides is 1. The fourth-order valence-electron chi connectivity index (χ4n) is 1.65. The molecule has 0 aromatic heterocycles. The molecule has 0 aromatic carbocycles. The summed E-state index contributed by atoms with van der Waals surface area (Å²) in [4.78, 5) is 2.26. The predicted molar refractivity (Wildman–Crippen MR) is 50.1 cm³/mol. The minimum absolute atomic E-state index is 0.348. The van der Waals surface area contributed by atoms with Crippen molar-refractivity contribution in [1.29, 1.82) is 5.26 Å². The van der Waals surface area contributed by atoms with Crippen molar-refractivity contribution < 1.29 is 0 Å². The summed E-state index contributed by atoms with van der Waals surface area (Å²) in [5.74, 6) is 0. The summed E-state index contributed by atoms with van der Waals surface area (Å²) < 4.78 is 0. The Balaban J connectivity index is 2.34. The van der Waals surface area contributed by atoms with E-state index in [0.29, 0.717) is 12.0 Å². The molecule has 1 aliphatic rings. The lowest BCUT2D eigenvalue weighted by molar-refractivity contribution is 0.298. The monoisotopic (exact) mass is 186 g/mol. The highest BCUT2D eigenvalue weighted by atomic mass is 35.5. The summed E-state index contributed by atoms with van der Waals surface area (Å²) in [6, 6.07) is 2.04. The molecule has 1 saturated heterocycles. The molecule has 0 bridgehead atoms. The molecular weight excluding hydrogens is 172 g/mol. The van der Waals surface area contributed by atoms with Gasteiger partial charge in [-0.1, -0.05) is 13.8 Å². The first-order chi connectivity index (χ1) is 5.53. The number of nitrogens with zero attached hydrogens (tertiary/aromatic N) is 2. The summed E-state index contributed by atoms with van der Waals surface area (Å²) in [5.41, 5.74) is 0.409. The number of hydrogen-bond acceptors (Lipinski definition) is 2. The zero-order valence-electron chi connectivity index (χ0n) is 7.68. The van der Waals surface area contributed by atoms with Gasteiger partial charge in [0, 0.05) is 13.1 Å². The van der Waals surface area contributed by atoms with Crippen LogP contribution in [0.25, 0.3) is 0 Å². The van der Waals surface area contributed by atoms with Crippen LogP contribution < -0.4 is 0 Å². The van der Waals surface area contributed by atoms with Gasteiger partial charge in [-0.15, -0.1) is 11.6 Å². The smallest absolute Gasteiger partial charge is 0.133 e. The molecule has 0 N–H and O–H groups in total. The van der Waals surface area contributed by atoms with Crippen molar-refractivity contribution in [2.24, 2.45) is 5.41 Å². The summed E-state index contributed by atoms with van der Waals surface area (Å²) in [6.07, 6.45) is 1.21. The van der Waals surface area contributed by atoms with Crippen LogP contribution in [0.2, 0.25) is 0 Å². The topological polar surface area (TPSA) is 27.0 Å². The van der Waals surface area contributed by atoms with E-state index in [4.69, 9.17) is 16.9 Å². The fourth-order valence-corrected chi connectivity index (χ4v) is 1.84. The maximum absolute atomic E-state index is 8.52. The first kappa shape index (κ1) is 9.83. The van der Waals surface area contributed by atoms with Gasteiger partial charge in [-0.2, -0.15) is 5.26 Å². The lowest BCUT2D eigenvalue weighted by Gasteiger charge is -2.19. The van der Waals surface area contributed by atoms with E-state index in [1.165, 1.54) is 6.42 Å². The molecule has 0 spiro atoms. The highest BCUT2D eigenvalue weighted by Crippen LogP contribution is 2.28. The molecule has 0 radical (unpaired) electrons. The Hall–Kier alpha value is -0.260. The summed E-state index contributed by atoms with van der Waals surface area (Å²) in [5, 5.41) is 8.17. The molecule has 12 heavy (non-hydrogen) atoms. The van der Waals surface area contributed by atoms with Gasteiger partial charge < -0.3 is 4.90 Å². The normalized spacial score (nSPS) is 25.2. The lowest BCUT2D eigenvalue weighted by atomic mass is 9.93. The van der Waals surface area contributed by atoms with Gasteiger partial charge in [0.25, 0.3) is 0 Å². The van der Waals surface area contributed by atoms with Crippen molar-refractivity contribution in [1.82, 2.24) is 4.90 Å². The van der Waals surface area contributed by atoms with E-state index >= 15 is 0 Å². The molecule has 2 nitrogen and oxygen atoms in total. The Bertz CT molecular complexity index is 195. The zero-order valence-corrected chi connectivity index (χ0v) is 8.43. The quantitative estimate of drug-likeness (QED) is 0.616. The Morgan fingerprint density at radius 2 is 2.33 bits per heavy atom. The fraction of sp³-hybridized carbons (Fsp3) is 0.889. The second-order valence-electron chi connectivity index (χ2n) is 4.25. The predicted octanol–water partition coefficient (Wildman–Crippen LogP) is 1.85. The molecule has 1 heterocycles. The molecule has 1 atom stereocenters. The Morgan fingerprint density at radius 3 is 2.75 bits per heavy atom. The van der Waals surface area contributed by atoms with Crippen LogP contribution in [-0.2, 0) is 0 Å². The third-order valence-corrected chi connectivity index (χ3v) is 2.55. The summed E-state index contributed by atoms with van der Waals surface area (Å²) in [7, 11) is 0. The van der Waals surface area contributed by atoms with Crippen LogP contribution in [0.1, 0.15) is 20.3 Å². The van der Waals surface area contributed by atoms with Gasteiger partial charge in [-0.3, -0.25) is 0 Å². The van der Waals surface area contributed by atoms with Gasteiger partial charge in [-0.05, 0) is 18.4 Å². The van der Waals surface area contributed by atoms with Gasteiger partial charge in [0.05, 0.1) is 6.07 Å². The van der Waals surface area contributed by atoms with E-state index in [-0.39, 0.29) is 5.38 Å². The third kappa shape index (κ3) is 2.66. The first-order valence-corrected chi connectivity index (χ1v) is 4.73. The minimum atomic E-state index is -0.348. The third-order valence-electron chi connectivity index (χ3n) is 2.32. The maximum atomic E-state index is 8.52. The molecular formula is C9H15ClN2. The van der Waals surface area contributed by atoms with Crippen molar-refractivity contribution in [2.75, 3.05) is 19.6 Å². The molecule has 1 rings (SSSR count). The van der Waals surface area contributed by atoms with Crippen molar-refractivity contribution in [3.8, 4) is 6.07 Å². The van der Waals surface area contributed by atoms with E-state index in [9.17, 15) is 0 Å². The van der Waals surface area contributed by atoms with Gasteiger partial charge in [0.1, 0.15) is 5.38 Å². The molecule has 0 saturated carbocycles. The van der Waals surface area contributed by atoms with Crippen molar-refractivity contribution >= 4 is 11.6 Å². The number of likely N-dealkylation sites (tertiary alicyclic amines) is 1.